The molecular formula is C40H65NO7. The molecular weight excluding hydrogens is 606 g/mol. The summed E-state index contributed by atoms with van der Waals surface area (Å²) in [5.74, 6) is -1.06. The fourth-order valence-electron chi connectivity index (χ4n) is 12.0. The van der Waals surface area contributed by atoms with Gasteiger partial charge in [-0.05, 0) is 99.6 Å². The third kappa shape index (κ3) is 5.03. The highest BCUT2D eigenvalue weighted by Gasteiger charge is 2.74. The van der Waals surface area contributed by atoms with Crippen molar-refractivity contribution in [2.75, 3.05) is 33.9 Å². The monoisotopic (exact) mass is 671 g/mol. The minimum absolute atomic E-state index is 0.0385. The van der Waals surface area contributed by atoms with Crippen LogP contribution in [-0.4, -0.2) is 79.4 Å². The molecule has 3 saturated carbocycles. The van der Waals surface area contributed by atoms with Crippen LogP contribution in [0.25, 0.3) is 0 Å². The van der Waals surface area contributed by atoms with Gasteiger partial charge >= 0.3 is 11.9 Å². The Kier molecular flexibility index (Phi) is 9.51. The lowest BCUT2D eigenvalue weighted by Gasteiger charge is -2.70. The van der Waals surface area contributed by atoms with Gasteiger partial charge in [0, 0.05) is 28.7 Å². The first-order valence-electron chi connectivity index (χ1n) is 18.6. The minimum atomic E-state index is -1.05. The smallest absolute Gasteiger partial charge is 0.308 e. The number of carbonyl (C=O) groups is 3. The topological polar surface area (TPSA) is 102 Å². The molecule has 8 heteroatoms. The van der Waals surface area contributed by atoms with E-state index in [1.54, 1.807) is 0 Å². The summed E-state index contributed by atoms with van der Waals surface area (Å²) in [6, 6.07) is 0. The SMILES string of the molecule is CC(=O)O[C@@H]1C[C@@]23COC[C@](C)([C@@H]2CC[C@H]2C3=CC(=O)[C@@]3(C)[C@H](C(=O)O)[C@@](C)([C@H](C)C(C)C)CC[C@]23C)[C@H]1OCC(C)(C(C)C)N(C)C. The number of hydrogen-bond donors (Lipinski definition) is 1. The van der Waals surface area contributed by atoms with Crippen LogP contribution in [0.2, 0.25) is 0 Å². The normalized spacial score (nSPS) is 44.3. The molecule has 0 radical (unpaired) electrons. The van der Waals surface area contributed by atoms with Crippen LogP contribution in [-0.2, 0) is 28.6 Å². The lowest BCUT2D eigenvalue weighted by molar-refractivity contribution is -0.270. The fraction of sp³-hybridized carbons (Fsp3) is 0.875. The zero-order valence-corrected chi connectivity index (χ0v) is 32.2. The molecule has 1 heterocycles. The van der Waals surface area contributed by atoms with Crippen molar-refractivity contribution >= 4 is 17.7 Å². The number of rotatable bonds is 9. The van der Waals surface area contributed by atoms with Gasteiger partial charge in [-0.2, -0.15) is 0 Å². The predicted octanol–water partition coefficient (Wildman–Crippen LogP) is 7.05. The Morgan fingerprint density at radius 3 is 2.25 bits per heavy atom. The minimum Gasteiger partial charge on any atom is -0.481 e. The molecule has 1 unspecified atom stereocenters. The number of allylic oxidation sites excluding steroid dienone is 1. The predicted molar refractivity (Wildman–Crippen MR) is 186 cm³/mol. The first kappa shape index (κ1) is 37.5. The van der Waals surface area contributed by atoms with Gasteiger partial charge in [0.1, 0.15) is 12.2 Å². The van der Waals surface area contributed by atoms with E-state index >= 15 is 0 Å². The Balaban J connectivity index is 1.61. The number of carboxylic acids is 1. The van der Waals surface area contributed by atoms with Crippen molar-refractivity contribution in [3.63, 3.8) is 0 Å². The van der Waals surface area contributed by atoms with Crippen LogP contribution in [0.1, 0.15) is 108 Å². The summed E-state index contributed by atoms with van der Waals surface area (Å²) in [7, 11) is 4.16. The molecule has 5 rings (SSSR count). The van der Waals surface area contributed by atoms with Crippen LogP contribution in [0, 0.1) is 62.6 Å². The molecule has 4 aliphatic carbocycles. The van der Waals surface area contributed by atoms with Crippen molar-refractivity contribution in [2.45, 2.75) is 126 Å². The molecule has 0 aromatic carbocycles. The molecule has 4 fully saturated rings. The summed E-state index contributed by atoms with van der Waals surface area (Å²) in [6.45, 7) is 24.6. The summed E-state index contributed by atoms with van der Waals surface area (Å²) in [4.78, 5) is 43.2. The van der Waals surface area contributed by atoms with Gasteiger partial charge in [-0.3, -0.25) is 14.4 Å². The Morgan fingerprint density at radius 2 is 1.71 bits per heavy atom. The number of hydrogen-bond acceptors (Lipinski definition) is 7. The van der Waals surface area contributed by atoms with Gasteiger partial charge in [-0.25, -0.2) is 0 Å². The van der Waals surface area contributed by atoms with Crippen LogP contribution in [0.3, 0.4) is 0 Å². The summed E-state index contributed by atoms with van der Waals surface area (Å²) >= 11 is 0. The molecule has 1 saturated heterocycles. The largest absolute Gasteiger partial charge is 0.481 e. The second-order valence-electron chi connectivity index (χ2n) is 18.7. The van der Waals surface area contributed by atoms with E-state index in [1.807, 2.05) is 13.0 Å². The summed E-state index contributed by atoms with van der Waals surface area (Å²) < 4.78 is 19.7. The van der Waals surface area contributed by atoms with E-state index in [-0.39, 0.29) is 41.1 Å². The molecule has 272 valence electrons. The third-order valence-electron chi connectivity index (χ3n) is 16.1. The van der Waals surface area contributed by atoms with Gasteiger partial charge in [0.15, 0.2) is 5.78 Å². The zero-order chi connectivity index (χ0) is 36.0. The van der Waals surface area contributed by atoms with Crippen LogP contribution in [0.4, 0.5) is 0 Å². The van der Waals surface area contributed by atoms with Gasteiger partial charge in [-0.15, -0.1) is 0 Å². The molecule has 0 spiro atoms. The molecule has 0 amide bonds. The van der Waals surface area contributed by atoms with Crippen LogP contribution in [0.5, 0.6) is 0 Å². The number of esters is 1. The van der Waals surface area contributed by atoms with E-state index in [1.165, 1.54) is 6.92 Å². The van der Waals surface area contributed by atoms with E-state index in [2.05, 4.69) is 81.3 Å². The van der Waals surface area contributed by atoms with E-state index in [9.17, 15) is 19.5 Å². The highest BCUT2D eigenvalue weighted by atomic mass is 16.6. The molecule has 12 atom stereocenters. The molecule has 0 aromatic rings. The summed E-state index contributed by atoms with van der Waals surface area (Å²) in [5, 5.41) is 11.0. The standard InChI is InChI=1S/C40H65NO7/c1-23(2)25(5)35(7)16-17-37(9)27-14-15-30-36(8)20-46-22-40(30,28(27)18-31(43)39(37,11)32(35)34(44)45)19-29(48-26(6)42)33(36)47-21-38(10,24(3)4)41(12)13/h18,23-25,27,29-30,32-33H,14-17,19-22H2,1-13H3,(H,44,45)/t25-,27+,29-,30+,32-,33+,35-,36-,37-,38?,39+,40+/m1/s1. The molecule has 0 aromatic heterocycles. The molecule has 1 aliphatic heterocycles. The van der Waals surface area contributed by atoms with Gasteiger partial charge in [0.2, 0.25) is 0 Å². The number of fused-ring (bicyclic) bond motifs is 3. The van der Waals surface area contributed by atoms with Gasteiger partial charge in [0.05, 0.1) is 25.7 Å². The van der Waals surface area contributed by atoms with E-state index in [0.29, 0.717) is 38.1 Å². The Bertz CT molecular complexity index is 1330. The maximum absolute atomic E-state index is 14.9. The highest BCUT2D eigenvalue weighted by molar-refractivity contribution is 6.00. The number of carbonyl (C=O) groups excluding carboxylic acids is 2. The fourth-order valence-corrected chi connectivity index (χ4v) is 12.0. The van der Waals surface area contributed by atoms with Crippen molar-refractivity contribution in [2.24, 2.45) is 62.6 Å². The zero-order valence-electron chi connectivity index (χ0n) is 32.2. The average molecular weight is 672 g/mol. The number of nitrogens with zero attached hydrogens (tertiary/aromatic N) is 1. The third-order valence-corrected chi connectivity index (χ3v) is 16.1. The van der Waals surface area contributed by atoms with E-state index in [0.717, 1.165) is 31.3 Å². The van der Waals surface area contributed by atoms with Crippen molar-refractivity contribution in [3.05, 3.63) is 11.6 Å². The Labute approximate surface area is 290 Å². The number of aliphatic carboxylic acids is 1. The molecule has 5 aliphatic rings. The van der Waals surface area contributed by atoms with Gasteiger partial charge < -0.3 is 24.2 Å². The Morgan fingerprint density at radius 1 is 1.06 bits per heavy atom. The van der Waals surface area contributed by atoms with Crippen molar-refractivity contribution in [1.29, 1.82) is 0 Å². The van der Waals surface area contributed by atoms with Crippen molar-refractivity contribution < 1.29 is 33.7 Å². The van der Waals surface area contributed by atoms with Crippen molar-refractivity contribution in [1.82, 2.24) is 4.90 Å². The lowest BCUT2D eigenvalue weighted by Crippen LogP contribution is -2.71. The maximum atomic E-state index is 14.9. The number of ketones is 1. The first-order valence-corrected chi connectivity index (χ1v) is 18.6. The Hall–Kier alpha value is -1.77. The second kappa shape index (κ2) is 12.2. The lowest BCUT2D eigenvalue weighted by atomic mass is 9.34. The van der Waals surface area contributed by atoms with Crippen molar-refractivity contribution in [3.8, 4) is 0 Å². The van der Waals surface area contributed by atoms with Gasteiger partial charge in [0.25, 0.3) is 0 Å². The maximum Gasteiger partial charge on any atom is 0.308 e. The summed E-state index contributed by atoms with van der Waals surface area (Å²) in [5.41, 5.74) is -2.15. The first-order chi connectivity index (χ1) is 22.1. The second-order valence-corrected chi connectivity index (χ2v) is 18.7. The summed E-state index contributed by atoms with van der Waals surface area (Å²) in [6.07, 6.45) is 4.93. The van der Waals surface area contributed by atoms with E-state index < -0.39 is 45.1 Å². The molecule has 48 heavy (non-hydrogen) atoms. The molecule has 1 N–H and O–H groups in total. The number of likely N-dealkylation sites (N-methyl/N-ethyl adjacent to an activating group) is 1. The van der Waals surface area contributed by atoms with Crippen LogP contribution in [0.15, 0.2) is 11.6 Å². The highest BCUT2D eigenvalue weighted by Crippen LogP contribution is 2.74. The molecule has 8 nitrogen and oxygen atoms in total. The van der Waals surface area contributed by atoms with Crippen LogP contribution >= 0.6 is 0 Å². The van der Waals surface area contributed by atoms with E-state index in [4.69, 9.17) is 14.2 Å². The number of carboxylic acid groups (broad SMARTS) is 1. The quantitative estimate of drug-likeness (QED) is 0.260. The van der Waals surface area contributed by atoms with Gasteiger partial charge in [-0.1, -0.05) is 67.9 Å². The molecule has 2 bridgehead atoms. The van der Waals surface area contributed by atoms with Crippen LogP contribution < -0.4 is 0 Å². The average Bonchev–Trinajstić information content (AvgIpc) is 2.97. The number of ether oxygens (including phenoxy) is 3.